The largest absolute Gasteiger partial charge is 0.487 e. The fraction of sp³-hybridized carbons (Fsp3) is 0.294. The van der Waals surface area contributed by atoms with E-state index in [1.165, 1.54) is 24.0 Å². The molecule has 2 aromatic rings. The number of halogens is 2. The summed E-state index contributed by atoms with van der Waals surface area (Å²) in [5.41, 5.74) is 2.43. The summed E-state index contributed by atoms with van der Waals surface area (Å²) in [5, 5.41) is 4.51. The van der Waals surface area contributed by atoms with Gasteiger partial charge in [-0.15, -0.1) is 0 Å². The molecule has 0 atom stereocenters. The van der Waals surface area contributed by atoms with Crippen LogP contribution >= 0.6 is 23.2 Å². The first kappa shape index (κ1) is 14.7. The molecule has 1 aliphatic rings. The van der Waals surface area contributed by atoms with Gasteiger partial charge in [0, 0.05) is 12.6 Å². The third kappa shape index (κ3) is 3.91. The number of nitrogens with one attached hydrogen (secondary N) is 1. The van der Waals surface area contributed by atoms with E-state index in [1.54, 1.807) is 6.07 Å². The van der Waals surface area contributed by atoms with Crippen LogP contribution < -0.4 is 10.1 Å². The summed E-state index contributed by atoms with van der Waals surface area (Å²) in [4.78, 5) is 0. The van der Waals surface area contributed by atoms with Crippen molar-refractivity contribution < 1.29 is 4.74 Å². The van der Waals surface area contributed by atoms with E-state index >= 15 is 0 Å². The minimum Gasteiger partial charge on any atom is -0.487 e. The molecule has 3 rings (SSSR count). The van der Waals surface area contributed by atoms with Gasteiger partial charge in [0.2, 0.25) is 0 Å². The first-order chi connectivity index (χ1) is 10.2. The zero-order valence-electron chi connectivity index (χ0n) is 11.6. The Bertz CT molecular complexity index is 626. The highest BCUT2D eigenvalue weighted by Gasteiger charge is 2.20. The van der Waals surface area contributed by atoms with Gasteiger partial charge in [-0.25, -0.2) is 0 Å². The molecule has 21 heavy (non-hydrogen) atoms. The Morgan fingerprint density at radius 3 is 2.52 bits per heavy atom. The minimum absolute atomic E-state index is 0.466. The number of hydrogen-bond acceptors (Lipinski definition) is 2. The Morgan fingerprint density at radius 1 is 1.00 bits per heavy atom. The fourth-order valence-electron chi connectivity index (χ4n) is 2.16. The Morgan fingerprint density at radius 2 is 1.76 bits per heavy atom. The molecule has 0 amide bonds. The van der Waals surface area contributed by atoms with Crippen molar-refractivity contribution in [3.8, 4) is 5.75 Å². The van der Waals surface area contributed by atoms with Crippen molar-refractivity contribution in [2.45, 2.75) is 32.0 Å². The van der Waals surface area contributed by atoms with Crippen molar-refractivity contribution in [1.29, 1.82) is 0 Å². The molecule has 0 bridgehead atoms. The maximum Gasteiger partial charge on any atom is 0.139 e. The maximum atomic E-state index is 6.14. The summed E-state index contributed by atoms with van der Waals surface area (Å²) in [6.45, 7) is 1.37. The maximum absolute atomic E-state index is 6.14. The average molecular weight is 322 g/mol. The molecule has 0 aromatic heterocycles. The third-order valence-electron chi connectivity index (χ3n) is 3.58. The van der Waals surface area contributed by atoms with Crippen molar-refractivity contribution >= 4 is 23.2 Å². The molecular weight excluding hydrogens is 305 g/mol. The van der Waals surface area contributed by atoms with E-state index in [4.69, 9.17) is 27.9 Å². The van der Waals surface area contributed by atoms with Gasteiger partial charge in [0.15, 0.2) is 0 Å². The molecule has 0 heterocycles. The molecule has 0 saturated heterocycles. The van der Waals surface area contributed by atoms with Gasteiger partial charge in [0.1, 0.15) is 17.4 Å². The van der Waals surface area contributed by atoms with Gasteiger partial charge in [-0.2, -0.15) is 0 Å². The van der Waals surface area contributed by atoms with Crippen molar-refractivity contribution in [2.24, 2.45) is 0 Å². The first-order valence-electron chi connectivity index (χ1n) is 7.11. The molecule has 1 saturated carbocycles. The highest BCUT2D eigenvalue weighted by Crippen LogP contribution is 2.32. The van der Waals surface area contributed by atoms with E-state index in [2.05, 4.69) is 23.5 Å². The molecule has 4 heteroatoms. The van der Waals surface area contributed by atoms with Crippen LogP contribution in [-0.2, 0) is 13.2 Å². The highest BCUT2D eigenvalue weighted by molar-refractivity contribution is 6.42. The summed E-state index contributed by atoms with van der Waals surface area (Å²) in [5.74, 6) is 0.620. The van der Waals surface area contributed by atoms with Crippen LogP contribution in [0.3, 0.4) is 0 Å². The molecule has 0 radical (unpaired) electrons. The second-order valence-electron chi connectivity index (χ2n) is 5.26. The monoisotopic (exact) mass is 321 g/mol. The second kappa shape index (κ2) is 6.69. The lowest BCUT2D eigenvalue weighted by Crippen LogP contribution is -2.16. The van der Waals surface area contributed by atoms with Crippen molar-refractivity contribution in [2.75, 3.05) is 0 Å². The SMILES string of the molecule is Clc1cccc(OCc2ccccc2CNC2CC2)c1Cl. The molecule has 2 nitrogen and oxygen atoms in total. The Kier molecular flexibility index (Phi) is 4.69. The lowest BCUT2D eigenvalue weighted by molar-refractivity contribution is 0.305. The van der Waals surface area contributed by atoms with Crippen LogP contribution in [-0.4, -0.2) is 6.04 Å². The van der Waals surface area contributed by atoms with Crippen LogP contribution in [0.5, 0.6) is 5.75 Å². The van der Waals surface area contributed by atoms with E-state index in [0.29, 0.717) is 28.4 Å². The molecule has 0 unspecified atom stereocenters. The van der Waals surface area contributed by atoms with Crippen LogP contribution in [0.25, 0.3) is 0 Å². The van der Waals surface area contributed by atoms with E-state index < -0.39 is 0 Å². The van der Waals surface area contributed by atoms with Crippen molar-refractivity contribution in [3.63, 3.8) is 0 Å². The number of rotatable bonds is 6. The zero-order chi connectivity index (χ0) is 14.7. The molecule has 2 aromatic carbocycles. The average Bonchev–Trinajstić information content (AvgIpc) is 3.32. The molecule has 1 fully saturated rings. The van der Waals surface area contributed by atoms with Crippen LogP contribution in [0, 0.1) is 0 Å². The number of benzene rings is 2. The van der Waals surface area contributed by atoms with Gasteiger partial charge in [-0.05, 0) is 36.1 Å². The summed E-state index contributed by atoms with van der Waals surface area (Å²) in [6, 6.07) is 14.4. The first-order valence-corrected chi connectivity index (χ1v) is 7.86. The molecule has 0 spiro atoms. The summed E-state index contributed by atoms with van der Waals surface area (Å²) >= 11 is 12.1. The Balaban J connectivity index is 1.67. The Hall–Kier alpha value is -1.22. The number of hydrogen-bond donors (Lipinski definition) is 1. The molecule has 1 aliphatic carbocycles. The standard InChI is InChI=1S/C17H17Cl2NO/c18-15-6-3-7-16(17(15)19)21-11-13-5-2-1-4-12(13)10-20-14-8-9-14/h1-7,14,20H,8-11H2. The number of ether oxygens (including phenoxy) is 1. The zero-order valence-corrected chi connectivity index (χ0v) is 13.1. The normalized spacial score (nSPS) is 14.2. The lowest BCUT2D eigenvalue weighted by atomic mass is 10.1. The van der Waals surface area contributed by atoms with E-state index in [9.17, 15) is 0 Å². The lowest BCUT2D eigenvalue weighted by Gasteiger charge is -2.13. The smallest absolute Gasteiger partial charge is 0.139 e. The predicted molar refractivity (Wildman–Crippen MR) is 87.1 cm³/mol. The van der Waals surface area contributed by atoms with Crippen LogP contribution in [0.15, 0.2) is 42.5 Å². The summed E-state index contributed by atoms with van der Waals surface area (Å²) < 4.78 is 5.82. The van der Waals surface area contributed by atoms with Gasteiger partial charge >= 0.3 is 0 Å². The van der Waals surface area contributed by atoms with Crippen LogP contribution in [0.2, 0.25) is 10.0 Å². The Labute approximate surface area is 135 Å². The van der Waals surface area contributed by atoms with Crippen molar-refractivity contribution in [3.05, 3.63) is 63.6 Å². The van der Waals surface area contributed by atoms with Gasteiger partial charge in [-0.3, -0.25) is 0 Å². The van der Waals surface area contributed by atoms with Crippen LogP contribution in [0.4, 0.5) is 0 Å². The second-order valence-corrected chi connectivity index (χ2v) is 6.05. The summed E-state index contributed by atoms with van der Waals surface area (Å²) in [7, 11) is 0. The topological polar surface area (TPSA) is 21.3 Å². The van der Waals surface area contributed by atoms with Gasteiger partial charge in [0.05, 0.1) is 5.02 Å². The van der Waals surface area contributed by atoms with Gasteiger partial charge < -0.3 is 10.1 Å². The van der Waals surface area contributed by atoms with Gasteiger partial charge in [0.25, 0.3) is 0 Å². The van der Waals surface area contributed by atoms with Gasteiger partial charge in [-0.1, -0.05) is 53.5 Å². The van der Waals surface area contributed by atoms with Crippen molar-refractivity contribution in [1.82, 2.24) is 5.32 Å². The quantitative estimate of drug-likeness (QED) is 0.823. The molecule has 1 N–H and O–H groups in total. The molecule has 110 valence electrons. The van der Waals surface area contributed by atoms with Crippen LogP contribution in [0.1, 0.15) is 24.0 Å². The molecular formula is C17H17Cl2NO. The van der Waals surface area contributed by atoms with E-state index in [-0.39, 0.29) is 0 Å². The minimum atomic E-state index is 0.466. The fourth-order valence-corrected chi connectivity index (χ4v) is 2.51. The van der Waals surface area contributed by atoms with E-state index in [0.717, 1.165) is 6.54 Å². The summed E-state index contributed by atoms with van der Waals surface area (Å²) in [6.07, 6.45) is 2.58. The predicted octanol–water partition coefficient (Wildman–Crippen LogP) is 4.82. The van der Waals surface area contributed by atoms with E-state index in [1.807, 2.05) is 18.2 Å². The molecule has 0 aliphatic heterocycles. The highest BCUT2D eigenvalue weighted by atomic mass is 35.5. The third-order valence-corrected chi connectivity index (χ3v) is 4.38.